The van der Waals surface area contributed by atoms with E-state index in [0.717, 1.165) is 12.0 Å². The molecular weight excluding hydrogens is 240 g/mol. The van der Waals surface area contributed by atoms with Crippen LogP contribution in [0.1, 0.15) is 63.9 Å². The molecule has 0 radical (unpaired) electrons. The van der Waals surface area contributed by atoms with Crippen LogP contribution in [0.5, 0.6) is 0 Å². The third-order valence-electron chi connectivity index (χ3n) is 3.55. The molecular formula is C20H28. The molecule has 0 aliphatic carbocycles. The molecule has 1 aromatic rings. The molecule has 0 saturated heterocycles. The lowest BCUT2D eigenvalue weighted by atomic mass is 9.97. The SMILES string of the molecule is C=CCC(C#Cc1ccccc1)CCCCCCCC. The van der Waals surface area contributed by atoms with Crippen LogP contribution in [0.2, 0.25) is 0 Å². The van der Waals surface area contributed by atoms with E-state index in [1.807, 2.05) is 24.3 Å². The average molecular weight is 268 g/mol. The minimum absolute atomic E-state index is 0.471. The van der Waals surface area contributed by atoms with Crippen molar-refractivity contribution in [3.8, 4) is 11.8 Å². The van der Waals surface area contributed by atoms with Crippen molar-refractivity contribution in [2.24, 2.45) is 5.92 Å². The topological polar surface area (TPSA) is 0 Å². The summed E-state index contributed by atoms with van der Waals surface area (Å²) in [6.07, 6.45) is 12.3. The van der Waals surface area contributed by atoms with Crippen LogP contribution in [0, 0.1) is 17.8 Å². The smallest absolute Gasteiger partial charge is 0.0245 e. The standard InChI is InChI=1S/C20H28/c1-3-5-6-7-8-10-14-19(13-4-2)17-18-20-15-11-9-12-16-20/h4,9,11-12,15-16,19H,2-3,5-8,10,13-14H2,1H3. The summed E-state index contributed by atoms with van der Waals surface area (Å²) in [5, 5.41) is 0. The van der Waals surface area contributed by atoms with Gasteiger partial charge in [-0.25, -0.2) is 0 Å². The first kappa shape index (κ1) is 16.6. The van der Waals surface area contributed by atoms with Gasteiger partial charge in [0.15, 0.2) is 0 Å². The summed E-state index contributed by atoms with van der Waals surface area (Å²) in [5.41, 5.74) is 1.12. The number of allylic oxidation sites excluding steroid dienone is 1. The Bertz CT molecular complexity index is 405. The lowest BCUT2D eigenvalue weighted by molar-refractivity contribution is 0.532. The van der Waals surface area contributed by atoms with Gasteiger partial charge in [-0.2, -0.15) is 0 Å². The van der Waals surface area contributed by atoms with Crippen molar-refractivity contribution in [2.75, 3.05) is 0 Å². The third-order valence-corrected chi connectivity index (χ3v) is 3.55. The zero-order chi connectivity index (χ0) is 14.5. The van der Waals surface area contributed by atoms with Gasteiger partial charge in [0.25, 0.3) is 0 Å². The number of rotatable bonds is 9. The maximum absolute atomic E-state index is 3.86. The van der Waals surface area contributed by atoms with E-state index in [-0.39, 0.29) is 0 Å². The van der Waals surface area contributed by atoms with Crippen LogP contribution in [0.3, 0.4) is 0 Å². The van der Waals surface area contributed by atoms with Crippen LogP contribution in [0.25, 0.3) is 0 Å². The van der Waals surface area contributed by atoms with E-state index in [2.05, 4.69) is 37.5 Å². The Kier molecular flexibility index (Phi) is 9.41. The predicted octanol–water partition coefficient (Wildman–Crippen LogP) is 5.98. The van der Waals surface area contributed by atoms with E-state index in [1.165, 1.54) is 44.9 Å². The summed E-state index contributed by atoms with van der Waals surface area (Å²) < 4.78 is 0. The van der Waals surface area contributed by atoms with Crippen LogP contribution >= 0.6 is 0 Å². The minimum Gasteiger partial charge on any atom is -0.103 e. The van der Waals surface area contributed by atoms with Crippen molar-refractivity contribution in [3.63, 3.8) is 0 Å². The molecule has 0 bridgehead atoms. The van der Waals surface area contributed by atoms with Crippen molar-refractivity contribution < 1.29 is 0 Å². The van der Waals surface area contributed by atoms with Crippen molar-refractivity contribution in [2.45, 2.75) is 58.3 Å². The summed E-state index contributed by atoms with van der Waals surface area (Å²) in [6.45, 7) is 6.12. The van der Waals surface area contributed by atoms with Gasteiger partial charge in [0, 0.05) is 11.5 Å². The Morgan fingerprint density at radius 3 is 2.45 bits per heavy atom. The van der Waals surface area contributed by atoms with Gasteiger partial charge >= 0.3 is 0 Å². The fourth-order valence-electron chi connectivity index (χ4n) is 2.33. The number of hydrogen-bond donors (Lipinski definition) is 0. The summed E-state index contributed by atoms with van der Waals surface area (Å²) >= 11 is 0. The van der Waals surface area contributed by atoms with Crippen LogP contribution in [-0.4, -0.2) is 0 Å². The zero-order valence-corrected chi connectivity index (χ0v) is 12.9. The van der Waals surface area contributed by atoms with Crippen molar-refractivity contribution in [1.82, 2.24) is 0 Å². The Morgan fingerprint density at radius 1 is 1.05 bits per heavy atom. The molecule has 1 atom stereocenters. The molecule has 0 aliphatic rings. The van der Waals surface area contributed by atoms with E-state index in [1.54, 1.807) is 0 Å². The maximum Gasteiger partial charge on any atom is 0.0245 e. The van der Waals surface area contributed by atoms with E-state index in [9.17, 15) is 0 Å². The molecule has 1 unspecified atom stereocenters. The fourth-order valence-corrected chi connectivity index (χ4v) is 2.33. The minimum atomic E-state index is 0.471. The molecule has 0 fully saturated rings. The molecule has 0 aliphatic heterocycles. The van der Waals surface area contributed by atoms with Gasteiger partial charge < -0.3 is 0 Å². The molecule has 0 aromatic heterocycles. The molecule has 1 rings (SSSR count). The van der Waals surface area contributed by atoms with E-state index >= 15 is 0 Å². The second-order valence-electron chi connectivity index (χ2n) is 5.41. The van der Waals surface area contributed by atoms with E-state index in [0.29, 0.717) is 5.92 Å². The monoisotopic (exact) mass is 268 g/mol. The summed E-state index contributed by atoms with van der Waals surface area (Å²) in [7, 11) is 0. The summed E-state index contributed by atoms with van der Waals surface area (Å²) in [4.78, 5) is 0. The molecule has 0 heteroatoms. The van der Waals surface area contributed by atoms with Gasteiger partial charge in [-0.05, 0) is 25.0 Å². The highest BCUT2D eigenvalue weighted by Gasteiger charge is 2.02. The van der Waals surface area contributed by atoms with Crippen LogP contribution in [0.15, 0.2) is 43.0 Å². The number of hydrogen-bond acceptors (Lipinski definition) is 0. The number of benzene rings is 1. The first-order valence-corrected chi connectivity index (χ1v) is 8.04. The van der Waals surface area contributed by atoms with Crippen molar-refractivity contribution in [1.29, 1.82) is 0 Å². The quantitative estimate of drug-likeness (QED) is 0.293. The molecule has 0 saturated carbocycles. The molecule has 0 N–H and O–H groups in total. The Balaban J connectivity index is 2.33. The molecule has 108 valence electrons. The van der Waals surface area contributed by atoms with Crippen LogP contribution in [0.4, 0.5) is 0 Å². The van der Waals surface area contributed by atoms with Crippen LogP contribution < -0.4 is 0 Å². The molecule has 0 nitrogen and oxygen atoms in total. The van der Waals surface area contributed by atoms with E-state index in [4.69, 9.17) is 0 Å². The summed E-state index contributed by atoms with van der Waals surface area (Å²) in [6, 6.07) is 10.3. The largest absolute Gasteiger partial charge is 0.103 e. The van der Waals surface area contributed by atoms with Gasteiger partial charge in [0.05, 0.1) is 0 Å². The Labute approximate surface area is 125 Å². The predicted molar refractivity (Wildman–Crippen MR) is 89.6 cm³/mol. The van der Waals surface area contributed by atoms with E-state index < -0.39 is 0 Å². The average Bonchev–Trinajstić information content (AvgIpc) is 2.49. The fraction of sp³-hybridized carbons (Fsp3) is 0.500. The van der Waals surface area contributed by atoms with Crippen molar-refractivity contribution >= 4 is 0 Å². The van der Waals surface area contributed by atoms with Crippen LogP contribution in [-0.2, 0) is 0 Å². The van der Waals surface area contributed by atoms with Gasteiger partial charge in [-0.15, -0.1) is 6.58 Å². The number of unbranched alkanes of at least 4 members (excludes halogenated alkanes) is 5. The molecule has 0 spiro atoms. The third kappa shape index (κ3) is 7.85. The normalized spacial score (nSPS) is 11.4. The first-order chi connectivity index (χ1) is 9.86. The Morgan fingerprint density at radius 2 is 1.75 bits per heavy atom. The molecule has 0 heterocycles. The highest BCUT2D eigenvalue weighted by atomic mass is 14.1. The summed E-state index contributed by atoms with van der Waals surface area (Å²) in [5.74, 6) is 7.18. The van der Waals surface area contributed by atoms with Crippen molar-refractivity contribution in [3.05, 3.63) is 48.6 Å². The Hall–Kier alpha value is -1.48. The molecule has 0 amide bonds. The maximum atomic E-state index is 3.86. The second kappa shape index (κ2) is 11.4. The highest BCUT2D eigenvalue weighted by molar-refractivity contribution is 5.34. The lowest BCUT2D eigenvalue weighted by Gasteiger charge is -2.07. The lowest BCUT2D eigenvalue weighted by Crippen LogP contribution is -1.96. The first-order valence-electron chi connectivity index (χ1n) is 8.04. The second-order valence-corrected chi connectivity index (χ2v) is 5.41. The van der Waals surface area contributed by atoms with Gasteiger partial charge in [0.2, 0.25) is 0 Å². The van der Waals surface area contributed by atoms with Gasteiger partial charge in [-0.3, -0.25) is 0 Å². The van der Waals surface area contributed by atoms with Gasteiger partial charge in [-0.1, -0.05) is 81.6 Å². The van der Waals surface area contributed by atoms with Gasteiger partial charge in [0.1, 0.15) is 0 Å². The zero-order valence-electron chi connectivity index (χ0n) is 12.9. The molecule has 20 heavy (non-hydrogen) atoms. The molecule has 1 aromatic carbocycles. The highest BCUT2D eigenvalue weighted by Crippen LogP contribution is 2.15.